The summed E-state index contributed by atoms with van der Waals surface area (Å²) in [5, 5.41) is 16.0. The maximum atomic E-state index is 9.22. The fraction of sp³-hybridized carbons (Fsp3) is 0.944. The molecule has 0 aromatic carbocycles. The molecule has 0 radical (unpaired) electrons. The number of likely N-dealkylation sites (N-methyl/N-ethyl adjacent to an activating group) is 1. The molecule has 0 fully saturated rings. The van der Waals surface area contributed by atoms with E-state index in [2.05, 4.69) is 57.1 Å². The number of aliphatic hydroxyl groups is 1. The summed E-state index contributed by atoms with van der Waals surface area (Å²) in [5.41, 5.74) is 0. The minimum Gasteiger partial charge on any atom is -0.396 e. The Bertz CT molecular complexity index is 309. The molecule has 0 heterocycles. The van der Waals surface area contributed by atoms with Crippen molar-refractivity contribution in [2.24, 2.45) is 16.8 Å². The quantitative estimate of drug-likeness (QED) is 0.240. The van der Waals surface area contributed by atoms with E-state index in [0.29, 0.717) is 17.9 Å². The van der Waals surface area contributed by atoms with Crippen LogP contribution in [0.3, 0.4) is 0 Å². The molecule has 0 aliphatic rings. The molecule has 0 saturated carbocycles. The Hall–Kier alpha value is -0.0800. The van der Waals surface area contributed by atoms with Crippen LogP contribution in [0.4, 0.5) is 0 Å². The van der Waals surface area contributed by atoms with Gasteiger partial charge in [-0.25, -0.2) is 0 Å². The normalized spacial score (nSPS) is 14.5. The van der Waals surface area contributed by atoms with Gasteiger partial charge in [0.2, 0.25) is 0 Å². The average Bonchev–Trinajstić information content (AvgIpc) is 2.50. The monoisotopic (exact) mass is 456 g/mol. The zero-order valence-corrected chi connectivity index (χ0v) is 19.0. The first-order valence-corrected chi connectivity index (χ1v) is 9.35. The Morgan fingerprint density at radius 2 is 1.71 bits per heavy atom. The summed E-state index contributed by atoms with van der Waals surface area (Å²) in [5.74, 6) is 1.98. The van der Waals surface area contributed by atoms with Crippen LogP contribution in [0.5, 0.6) is 0 Å². The minimum absolute atomic E-state index is 0. The minimum atomic E-state index is 0. The molecule has 0 aromatic heterocycles. The van der Waals surface area contributed by atoms with Gasteiger partial charge in [0.15, 0.2) is 5.96 Å². The van der Waals surface area contributed by atoms with Crippen molar-refractivity contribution < 1.29 is 5.11 Å². The summed E-state index contributed by atoms with van der Waals surface area (Å²) >= 11 is 0. The van der Waals surface area contributed by atoms with Gasteiger partial charge in [-0.2, -0.15) is 0 Å². The predicted molar refractivity (Wildman–Crippen MR) is 116 cm³/mol. The van der Waals surface area contributed by atoms with E-state index in [9.17, 15) is 5.11 Å². The summed E-state index contributed by atoms with van der Waals surface area (Å²) in [6.07, 6.45) is 1.94. The number of aliphatic imine (C=N–C) groups is 1. The summed E-state index contributed by atoms with van der Waals surface area (Å²) in [6.45, 7) is 18.1. The van der Waals surface area contributed by atoms with Crippen LogP contribution in [0.15, 0.2) is 4.99 Å². The van der Waals surface area contributed by atoms with Crippen molar-refractivity contribution in [3.8, 4) is 0 Å². The van der Waals surface area contributed by atoms with Gasteiger partial charge < -0.3 is 15.7 Å². The molecule has 0 rings (SSSR count). The molecule has 6 heteroatoms. The molecule has 0 spiro atoms. The number of rotatable bonds is 12. The molecule has 146 valence electrons. The molecule has 0 amide bonds. The fourth-order valence-corrected chi connectivity index (χ4v) is 2.92. The first kappa shape index (κ1) is 26.2. The first-order valence-electron chi connectivity index (χ1n) is 9.35. The van der Waals surface area contributed by atoms with Gasteiger partial charge in [-0.15, -0.1) is 24.0 Å². The van der Waals surface area contributed by atoms with Crippen LogP contribution in [0, 0.1) is 11.8 Å². The molecule has 0 saturated heterocycles. The summed E-state index contributed by atoms with van der Waals surface area (Å²) in [6, 6.07) is 0.484. The maximum Gasteiger partial charge on any atom is 0.191 e. The lowest BCUT2D eigenvalue weighted by Gasteiger charge is -2.27. The molecule has 2 atom stereocenters. The Morgan fingerprint density at radius 1 is 1.08 bits per heavy atom. The number of aliphatic hydroxyl groups excluding tert-OH is 1. The topological polar surface area (TPSA) is 59.9 Å². The van der Waals surface area contributed by atoms with Gasteiger partial charge >= 0.3 is 0 Å². The van der Waals surface area contributed by atoms with E-state index < -0.39 is 0 Å². The lowest BCUT2D eigenvalue weighted by atomic mass is 9.94. The Morgan fingerprint density at radius 3 is 2.17 bits per heavy atom. The molecule has 0 aliphatic heterocycles. The SMILES string of the molecule is CCNC(=NCC(CCO)CC(C)C)NCC(C)N(CC)CC.I. The number of halogens is 1. The highest BCUT2D eigenvalue weighted by molar-refractivity contribution is 14.0. The van der Waals surface area contributed by atoms with Crippen molar-refractivity contribution >= 4 is 29.9 Å². The highest BCUT2D eigenvalue weighted by atomic mass is 127. The Kier molecular flexibility index (Phi) is 17.9. The third-order valence-electron chi connectivity index (χ3n) is 4.19. The van der Waals surface area contributed by atoms with Gasteiger partial charge in [-0.3, -0.25) is 9.89 Å². The van der Waals surface area contributed by atoms with Crippen LogP contribution < -0.4 is 10.6 Å². The third-order valence-corrected chi connectivity index (χ3v) is 4.19. The van der Waals surface area contributed by atoms with E-state index in [1.807, 2.05) is 0 Å². The lowest BCUT2D eigenvalue weighted by molar-refractivity contribution is 0.231. The van der Waals surface area contributed by atoms with Crippen molar-refractivity contribution in [1.29, 1.82) is 0 Å². The zero-order valence-electron chi connectivity index (χ0n) is 16.6. The summed E-state index contributed by atoms with van der Waals surface area (Å²) in [4.78, 5) is 7.17. The van der Waals surface area contributed by atoms with E-state index >= 15 is 0 Å². The van der Waals surface area contributed by atoms with Crippen LogP contribution in [-0.2, 0) is 0 Å². The summed E-state index contributed by atoms with van der Waals surface area (Å²) in [7, 11) is 0. The van der Waals surface area contributed by atoms with Crippen molar-refractivity contribution in [3.05, 3.63) is 0 Å². The van der Waals surface area contributed by atoms with Crippen LogP contribution >= 0.6 is 24.0 Å². The van der Waals surface area contributed by atoms with Gasteiger partial charge in [-0.05, 0) is 51.6 Å². The van der Waals surface area contributed by atoms with Crippen LogP contribution in [0.1, 0.15) is 54.4 Å². The molecule has 5 nitrogen and oxygen atoms in total. The molecule has 0 bridgehead atoms. The second-order valence-electron chi connectivity index (χ2n) is 6.68. The van der Waals surface area contributed by atoms with Gasteiger partial charge in [0.25, 0.3) is 0 Å². The van der Waals surface area contributed by atoms with Crippen LogP contribution in [-0.4, -0.2) is 61.3 Å². The fourth-order valence-electron chi connectivity index (χ4n) is 2.92. The molecule has 2 unspecified atom stereocenters. The largest absolute Gasteiger partial charge is 0.396 e. The average molecular weight is 456 g/mol. The Labute approximate surface area is 167 Å². The second kappa shape index (κ2) is 16.4. The van der Waals surface area contributed by atoms with E-state index in [1.165, 1.54) is 0 Å². The van der Waals surface area contributed by atoms with Crippen LogP contribution in [0.2, 0.25) is 0 Å². The third kappa shape index (κ3) is 12.3. The van der Waals surface area contributed by atoms with Gasteiger partial charge in [-0.1, -0.05) is 27.7 Å². The number of nitrogens with one attached hydrogen (secondary N) is 2. The number of nitrogens with zero attached hydrogens (tertiary/aromatic N) is 2. The molecule has 24 heavy (non-hydrogen) atoms. The predicted octanol–water partition coefficient (Wildman–Crippen LogP) is 2.93. The number of guanidine groups is 1. The first-order chi connectivity index (χ1) is 11.0. The smallest absolute Gasteiger partial charge is 0.191 e. The standard InChI is InChI=1S/C18H40N4O.HI/c1-7-19-18(20-13-16(6)22(8-2)9-3)21-14-17(10-11-23)12-15(4)5;/h15-17,23H,7-14H2,1-6H3,(H2,19,20,21);1H. The van der Waals surface area contributed by atoms with Crippen molar-refractivity contribution in [3.63, 3.8) is 0 Å². The van der Waals surface area contributed by atoms with E-state index in [0.717, 1.165) is 51.5 Å². The zero-order chi connectivity index (χ0) is 17.7. The van der Waals surface area contributed by atoms with Gasteiger partial charge in [0.1, 0.15) is 0 Å². The highest BCUT2D eigenvalue weighted by Gasteiger charge is 2.12. The molecule has 0 aromatic rings. The Balaban J connectivity index is 0. The van der Waals surface area contributed by atoms with E-state index in [-0.39, 0.29) is 30.6 Å². The van der Waals surface area contributed by atoms with Crippen molar-refractivity contribution in [2.45, 2.75) is 60.4 Å². The highest BCUT2D eigenvalue weighted by Crippen LogP contribution is 2.15. The number of hydrogen-bond donors (Lipinski definition) is 3. The van der Waals surface area contributed by atoms with Crippen molar-refractivity contribution in [2.75, 3.05) is 39.3 Å². The van der Waals surface area contributed by atoms with E-state index in [4.69, 9.17) is 4.99 Å². The van der Waals surface area contributed by atoms with Gasteiger partial charge in [0.05, 0.1) is 0 Å². The van der Waals surface area contributed by atoms with Gasteiger partial charge in [0, 0.05) is 32.3 Å². The molecule has 3 N–H and O–H groups in total. The van der Waals surface area contributed by atoms with E-state index in [1.54, 1.807) is 0 Å². The lowest BCUT2D eigenvalue weighted by Crippen LogP contribution is -2.46. The maximum absolute atomic E-state index is 9.22. The summed E-state index contributed by atoms with van der Waals surface area (Å²) < 4.78 is 0. The number of hydrogen-bond acceptors (Lipinski definition) is 3. The molecule has 0 aliphatic carbocycles. The van der Waals surface area contributed by atoms with Crippen LogP contribution in [0.25, 0.3) is 0 Å². The molecular formula is C18H41IN4O. The second-order valence-corrected chi connectivity index (χ2v) is 6.68. The molecular weight excluding hydrogens is 415 g/mol. The van der Waals surface area contributed by atoms with Crippen molar-refractivity contribution in [1.82, 2.24) is 15.5 Å².